The molecule has 6 nitrogen and oxygen atoms in total. The highest BCUT2D eigenvalue weighted by atomic mass is 16.2. The minimum absolute atomic E-state index is 0.193. The quantitative estimate of drug-likeness (QED) is 0.796. The third-order valence-electron chi connectivity index (χ3n) is 3.03. The van der Waals surface area contributed by atoms with Crippen LogP contribution in [0.15, 0.2) is 24.3 Å². The molecule has 0 radical (unpaired) electrons. The Hall–Kier alpha value is -2.37. The van der Waals surface area contributed by atoms with Gasteiger partial charge in [-0.3, -0.25) is 14.4 Å². The lowest BCUT2D eigenvalue weighted by molar-refractivity contribution is -0.142. The van der Waals surface area contributed by atoms with E-state index >= 15 is 0 Å². The standard InChI is InChI=1S/C14H17N3O3/c1-10(18)15-11-5-4-6-12(9-11)16-13(19)14(20)17-7-2-3-8-17/h4-6,9H,2-3,7-8H2,1H3,(H,15,18)(H,16,19). The summed E-state index contributed by atoms with van der Waals surface area (Å²) in [4.78, 5) is 36.2. The number of benzene rings is 1. The van der Waals surface area contributed by atoms with E-state index in [4.69, 9.17) is 0 Å². The van der Waals surface area contributed by atoms with Gasteiger partial charge in [0.2, 0.25) is 5.91 Å². The lowest BCUT2D eigenvalue weighted by Gasteiger charge is -2.14. The third-order valence-corrected chi connectivity index (χ3v) is 3.03. The number of nitrogens with zero attached hydrogens (tertiary/aromatic N) is 1. The molecular weight excluding hydrogens is 258 g/mol. The van der Waals surface area contributed by atoms with Gasteiger partial charge in [0.15, 0.2) is 0 Å². The minimum atomic E-state index is -0.646. The van der Waals surface area contributed by atoms with E-state index in [9.17, 15) is 14.4 Å². The van der Waals surface area contributed by atoms with Crippen LogP contribution in [-0.4, -0.2) is 35.7 Å². The molecule has 0 atom stereocenters. The van der Waals surface area contributed by atoms with Gasteiger partial charge in [-0.25, -0.2) is 0 Å². The molecule has 3 amide bonds. The zero-order chi connectivity index (χ0) is 14.5. The van der Waals surface area contributed by atoms with E-state index in [1.54, 1.807) is 29.2 Å². The van der Waals surface area contributed by atoms with E-state index < -0.39 is 11.8 Å². The molecule has 1 saturated heterocycles. The van der Waals surface area contributed by atoms with Crippen molar-refractivity contribution in [2.45, 2.75) is 19.8 Å². The number of hydrogen-bond acceptors (Lipinski definition) is 3. The zero-order valence-corrected chi connectivity index (χ0v) is 11.3. The van der Waals surface area contributed by atoms with Crippen LogP contribution in [-0.2, 0) is 14.4 Å². The maximum atomic E-state index is 11.9. The Labute approximate surface area is 117 Å². The van der Waals surface area contributed by atoms with Crippen molar-refractivity contribution >= 4 is 29.1 Å². The van der Waals surface area contributed by atoms with Crippen LogP contribution in [0, 0.1) is 0 Å². The van der Waals surface area contributed by atoms with Gasteiger partial charge in [-0.15, -0.1) is 0 Å². The number of hydrogen-bond donors (Lipinski definition) is 2. The first-order valence-electron chi connectivity index (χ1n) is 6.54. The van der Waals surface area contributed by atoms with Crippen LogP contribution in [0.3, 0.4) is 0 Å². The predicted octanol–water partition coefficient (Wildman–Crippen LogP) is 1.21. The van der Waals surface area contributed by atoms with Crippen molar-refractivity contribution in [1.29, 1.82) is 0 Å². The topological polar surface area (TPSA) is 78.5 Å². The van der Waals surface area contributed by atoms with E-state index in [0.717, 1.165) is 12.8 Å². The summed E-state index contributed by atoms with van der Waals surface area (Å²) in [5, 5.41) is 5.17. The van der Waals surface area contributed by atoms with Crippen LogP contribution < -0.4 is 10.6 Å². The summed E-state index contributed by atoms with van der Waals surface area (Å²) in [5.74, 6) is -1.35. The predicted molar refractivity (Wildman–Crippen MR) is 75.2 cm³/mol. The highest BCUT2D eigenvalue weighted by Crippen LogP contribution is 2.15. The highest BCUT2D eigenvalue weighted by molar-refractivity contribution is 6.39. The number of carbonyl (C=O) groups excluding carboxylic acids is 3. The molecule has 0 saturated carbocycles. The molecule has 0 bridgehead atoms. The number of nitrogens with one attached hydrogen (secondary N) is 2. The Morgan fingerprint density at radius 1 is 1.05 bits per heavy atom. The number of rotatable bonds is 2. The smallest absolute Gasteiger partial charge is 0.313 e. The van der Waals surface area contributed by atoms with Gasteiger partial charge in [-0.05, 0) is 31.0 Å². The molecule has 0 aromatic heterocycles. The zero-order valence-electron chi connectivity index (χ0n) is 11.3. The van der Waals surface area contributed by atoms with Gasteiger partial charge in [0, 0.05) is 31.4 Å². The fraction of sp³-hybridized carbons (Fsp3) is 0.357. The van der Waals surface area contributed by atoms with Crippen LogP contribution >= 0.6 is 0 Å². The fourth-order valence-electron chi connectivity index (χ4n) is 2.13. The van der Waals surface area contributed by atoms with Crippen molar-refractivity contribution in [3.63, 3.8) is 0 Å². The van der Waals surface area contributed by atoms with Crippen molar-refractivity contribution in [1.82, 2.24) is 4.90 Å². The summed E-state index contributed by atoms with van der Waals surface area (Å²) in [6, 6.07) is 6.68. The van der Waals surface area contributed by atoms with Crippen LogP contribution in [0.4, 0.5) is 11.4 Å². The molecule has 0 unspecified atom stereocenters. The molecule has 2 N–H and O–H groups in total. The molecule has 0 spiro atoms. The van der Waals surface area contributed by atoms with Crippen LogP contribution in [0.25, 0.3) is 0 Å². The first kappa shape index (κ1) is 14.0. The molecule has 20 heavy (non-hydrogen) atoms. The van der Waals surface area contributed by atoms with Crippen LogP contribution in [0.1, 0.15) is 19.8 Å². The van der Waals surface area contributed by atoms with Crippen molar-refractivity contribution in [2.75, 3.05) is 23.7 Å². The Bertz CT molecular complexity index is 536. The molecule has 1 fully saturated rings. The SMILES string of the molecule is CC(=O)Nc1cccc(NC(=O)C(=O)N2CCCC2)c1. The van der Waals surface area contributed by atoms with Crippen molar-refractivity contribution < 1.29 is 14.4 Å². The van der Waals surface area contributed by atoms with Crippen molar-refractivity contribution in [3.05, 3.63) is 24.3 Å². The first-order chi connectivity index (χ1) is 9.56. The molecule has 1 aliphatic heterocycles. The molecule has 1 heterocycles. The van der Waals surface area contributed by atoms with E-state index in [0.29, 0.717) is 24.5 Å². The number of amides is 3. The Morgan fingerprint density at radius 2 is 1.65 bits per heavy atom. The summed E-state index contributed by atoms with van der Waals surface area (Å²) in [6.07, 6.45) is 1.88. The van der Waals surface area contributed by atoms with Gasteiger partial charge in [0.05, 0.1) is 0 Å². The van der Waals surface area contributed by atoms with Gasteiger partial charge >= 0.3 is 11.8 Å². The van der Waals surface area contributed by atoms with Crippen LogP contribution in [0.2, 0.25) is 0 Å². The normalized spacial score (nSPS) is 13.9. The lowest BCUT2D eigenvalue weighted by Crippen LogP contribution is -2.37. The van der Waals surface area contributed by atoms with Gasteiger partial charge in [0.25, 0.3) is 0 Å². The summed E-state index contributed by atoms with van der Waals surface area (Å²) in [6.45, 7) is 2.68. The second-order valence-electron chi connectivity index (χ2n) is 4.72. The lowest BCUT2D eigenvalue weighted by atomic mass is 10.2. The summed E-state index contributed by atoms with van der Waals surface area (Å²) >= 11 is 0. The second-order valence-corrected chi connectivity index (χ2v) is 4.72. The maximum Gasteiger partial charge on any atom is 0.313 e. The maximum absolute atomic E-state index is 11.9. The monoisotopic (exact) mass is 275 g/mol. The van der Waals surface area contributed by atoms with Crippen LogP contribution in [0.5, 0.6) is 0 Å². The molecule has 1 aromatic rings. The van der Waals surface area contributed by atoms with Gasteiger partial charge in [-0.2, -0.15) is 0 Å². The molecule has 106 valence electrons. The molecule has 1 aromatic carbocycles. The van der Waals surface area contributed by atoms with Gasteiger partial charge in [-0.1, -0.05) is 6.07 Å². The Morgan fingerprint density at radius 3 is 2.25 bits per heavy atom. The first-order valence-corrected chi connectivity index (χ1v) is 6.54. The number of likely N-dealkylation sites (tertiary alicyclic amines) is 1. The summed E-state index contributed by atoms with van der Waals surface area (Å²) in [7, 11) is 0. The van der Waals surface area contributed by atoms with Gasteiger partial charge < -0.3 is 15.5 Å². The van der Waals surface area contributed by atoms with Crippen molar-refractivity contribution in [2.24, 2.45) is 0 Å². The molecule has 6 heteroatoms. The molecule has 2 rings (SSSR count). The summed E-state index contributed by atoms with van der Waals surface area (Å²) < 4.78 is 0. The highest BCUT2D eigenvalue weighted by Gasteiger charge is 2.24. The molecule has 0 aliphatic carbocycles. The van der Waals surface area contributed by atoms with E-state index in [1.165, 1.54) is 6.92 Å². The third kappa shape index (κ3) is 3.57. The van der Waals surface area contributed by atoms with E-state index in [-0.39, 0.29) is 5.91 Å². The Balaban J connectivity index is 2.00. The average molecular weight is 275 g/mol. The fourth-order valence-corrected chi connectivity index (χ4v) is 2.13. The second kappa shape index (κ2) is 6.18. The molecular formula is C14H17N3O3. The molecule has 1 aliphatic rings. The minimum Gasteiger partial charge on any atom is -0.334 e. The Kier molecular flexibility index (Phi) is 4.34. The number of carbonyl (C=O) groups is 3. The summed E-state index contributed by atoms with van der Waals surface area (Å²) in [5.41, 5.74) is 1.05. The van der Waals surface area contributed by atoms with Crippen molar-refractivity contribution in [3.8, 4) is 0 Å². The van der Waals surface area contributed by atoms with Gasteiger partial charge in [0.1, 0.15) is 0 Å². The van der Waals surface area contributed by atoms with E-state index in [1.807, 2.05) is 0 Å². The number of anilines is 2. The largest absolute Gasteiger partial charge is 0.334 e. The van der Waals surface area contributed by atoms with E-state index in [2.05, 4.69) is 10.6 Å². The average Bonchev–Trinajstić information content (AvgIpc) is 2.91.